The zero-order chi connectivity index (χ0) is 12.6. The number of carbonyl (C=O) groups excluding carboxylic acids is 1. The largest absolute Gasteiger partial charge is 0.303 e. The summed E-state index contributed by atoms with van der Waals surface area (Å²) in [4.78, 5) is 10.9. The quantitative estimate of drug-likeness (QED) is 0.767. The second kappa shape index (κ2) is 4.26. The Balaban J connectivity index is 2.29. The number of aldehydes is 1. The van der Waals surface area contributed by atoms with Gasteiger partial charge in [-0.15, -0.1) is 0 Å². The lowest BCUT2D eigenvalue weighted by molar-refractivity contribution is -0.108. The molecule has 0 saturated heterocycles. The van der Waals surface area contributed by atoms with Gasteiger partial charge in [0.25, 0.3) is 0 Å². The highest BCUT2D eigenvalue weighted by molar-refractivity contribution is 7.92. The molecular weight excluding hydrogens is 236 g/mol. The third kappa shape index (κ3) is 2.14. The molecule has 1 saturated carbocycles. The molecule has 0 amide bonds. The summed E-state index contributed by atoms with van der Waals surface area (Å²) in [5.74, 6) is -0.398. The number of hydrogen-bond acceptors (Lipinski definition) is 3. The SMILES string of the molecule is CCS(=O)(=O)[C@H]1[C@@H](C=O)[C@@H]1c1ccc(C)cc1. The Labute approximate surface area is 102 Å². The van der Waals surface area contributed by atoms with Crippen LogP contribution in [0, 0.1) is 12.8 Å². The molecule has 1 aliphatic carbocycles. The summed E-state index contributed by atoms with van der Waals surface area (Å²) in [6.07, 6.45) is 0.780. The van der Waals surface area contributed by atoms with Gasteiger partial charge in [0.2, 0.25) is 0 Å². The summed E-state index contributed by atoms with van der Waals surface area (Å²) in [5, 5.41) is -0.507. The maximum Gasteiger partial charge on any atom is 0.154 e. The van der Waals surface area contributed by atoms with E-state index in [0.717, 1.165) is 17.4 Å². The lowest BCUT2D eigenvalue weighted by Crippen LogP contribution is -2.12. The van der Waals surface area contributed by atoms with Crippen LogP contribution in [-0.4, -0.2) is 25.7 Å². The molecular formula is C13H16O3S. The molecule has 1 aromatic rings. The molecule has 0 bridgehead atoms. The van der Waals surface area contributed by atoms with Crippen molar-refractivity contribution in [3.63, 3.8) is 0 Å². The van der Waals surface area contributed by atoms with Gasteiger partial charge in [-0.05, 0) is 12.5 Å². The van der Waals surface area contributed by atoms with Crippen LogP contribution in [0.1, 0.15) is 24.0 Å². The normalized spacial score (nSPS) is 27.8. The minimum Gasteiger partial charge on any atom is -0.303 e. The van der Waals surface area contributed by atoms with Gasteiger partial charge in [0.05, 0.1) is 5.25 Å². The smallest absolute Gasteiger partial charge is 0.154 e. The van der Waals surface area contributed by atoms with Crippen molar-refractivity contribution in [1.82, 2.24) is 0 Å². The maximum atomic E-state index is 11.8. The fourth-order valence-corrected chi connectivity index (χ4v) is 4.11. The summed E-state index contributed by atoms with van der Waals surface area (Å²) in [7, 11) is -3.12. The Morgan fingerprint density at radius 2 is 1.82 bits per heavy atom. The average Bonchev–Trinajstić information content (AvgIpc) is 3.05. The van der Waals surface area contributed by atoms with Crippen LogP contribution in [0.5, 0.6) is 0 Å². The van der Waals surface area contributed by atoms with Crippen molar-refractivity contribution in [3.8, 4) is 0 Å². The van der Waals surface area contributed by atoms with E-state index in [9.17, 15) is 13.2 Å². The van der Waals surface area contributed by atoms with Gasteiger partial charge < -0.3 is 4.79 Å². The van der Waals surface area contributed by atoms with Crippen molar-refractivity contribution in [2.45, 2.75) is 25.0 Å². The summed E-state index contributed by atoms with van der Waals surface area (Å²) in [6.45, 7) is 3.61. The van der Waals surface area contributed by atoms with Crippen molar-refractivity contribution in [2.75, 3.05) is 5.75 Å². The van der Waals surface area contributed by atoms with Gasteiger partial charge in [0.15, 0.2) is 9.84 Å². The highest BCUT2D eigenvalue weighted by Crippen LogP contribution is 2.51. The van der Waals surface area contributed by atoms with Crippen LogP contribution >= 0.6 is 0 Å². The molecule has 3 nitrogen and oxygen atoms in total. The van der Waals surface area contributed by atoms with Gasteiger partial charge in [0.1, 0.15) is 6.29 Å². The molecule has 92 valence electrons. The minimum absolute atomic E-state index is 0.102. The third-order valence-electron chi connectivity index (χ3n) is 3.44. The predicted octanol–water partition coefficient (Wildman–Crippen LogP) is 1.71. The van der Waals surface area contributed by atoms with Gasteiger partial charge in [-0.25, -0.2) is 8.42 Å². The highest BCUT2D eigenvalue weighted by Gasteiger charge is 2.57. The average molecular weight is 252 g/mol. The van der Waals surface area contributed by atoms with Gasteiger partial charge in [-0.3, -0.25) is 0 Å². The molecule has 2 rings (SSSR count). The van der Waals surface area contributed by atoms with Gasteiger partial charge >= 0.3 is 0 Å². The molecule has 0 heterocycles. The Bertz CT molecular complexity index is 516. The number of sulfone groups is 1. The van der Waals surface area contributed by atoms with Crippen LogP contribution in [0.15, 0.2) is 24.3 Å². The Kier molecular flexibility index (Phi) is 3.08. The first-order valence-electron chi connectivity index (χ1n) is 5.74. The predicted molar refractivity (Wildman–Crippen MR) is 66.7 cm³/mol. The van der Waals surface area contributed by atoms with E-state index in [0.29, 0.717) is 0 Å². The van der Waals surface area contributed by atoms with Crippen LogP contribution < -0.4 is 0 Å². The third-order valence-corrected chi connectivity index (χ3v) is 5.69. The zero-order valence-electron chi connectivity index (χ0n) is 9.96. The summed E-state index contributed by atoms with van der Waals surface area (Å²) in [5.41, 5.74) is 2.08. The van der Waals surface area contributed by atoms with Gasteiger partial charge in [-0.1, -0.05) is 36.8 Å². The molecule has 4 heteroatoms. The molecule has 0 unspecified atom stereocenters. The highest BCUT2D eigenvalue weighted by atomic mass is 32.2. The van der Waals surface area contributed by atoms with Crippen molar-refractivity contribution in [2.24, 2.45) is 5.92 Å². The molecule has 0 radical (unpaired) electrons. The van der Waals surface area contributed by atoms with Crippen LogP contribution in [0.3, 0.4) is 0 Å². The molecule has 0 aliphatic heterocycles. The van der Waals surface area contributed by atoms with E-state index >= 15 is 0 Å². The zero-order valence-corrected chi connectivity index (χ0v) is 10.8. The topological polar surface area (TPSA) is 51.2 Å². The second-order valence-corrected chi connectivity index (χ2v) is 7.01. The molecule has 0 aromatic heterocycles. The number of benzene rings is 1. The summed E-state index contributed by atoms with van der Waals surface area (Å²) in [6, 6.07) is 7.74. The number of aryl methyl sites for hydroxylation is 1. The summed E-state index contributed by atoms with van der Waals surface area (Å²) < 4.78 is 23.6. The van der Waals surface area contributed by atoms with Crippen LogP contribution in [0.25, 0.3) is 0 Å². The first kappa shape index (κ1) is 12.3. The van der Waals surface area contributed by atoms with E-state index in [2.05, 4.69) is 0 Å². The lowest BCUT2D eigenvalue weighted by Gasteiger charge is -2.01. The number of rotatable bonds is 4. The molecule has 0 N–H and O–H groups in total. The Morgan fingerprint density at radius 1 is 1.24 bits per heavy atom. The molecule has 1 aromatic carbocycles. The van der Waals surface area contributed by atoms with Crippen LogP contribution in [0.2, 0.25) is 0 Å². The second-order valence-electron chi connectivity index (χ2n) is 4.57. The van der Waals surface area contributed by atoms with Crippen molar-refractivity contribution in [3.05, 3.63) is 35.4 Å². The van der Waals surface area contributed by atoms with Gasteiger partial charge in [-0.2, -0.15) is 0 Å². The van der Waals surface area contributed by atoms with E-state index in [1.54, 1.807) is 6.92 Å². The molecule has 3 atom stereocenters. The first-order chi connectivity index (χ1) is 8.01. The van der Waals surface area contributed by atoms with E-state index in [1.165, 1.54) is 0 Å². The Morgan fingerprint density at radius 3 is 2.29 bits per heavy atom. The minimum atomic E-state index is -3.12. The fourth-order valence-electron chi connectivity index (χ4n) is 2.32. The molecule has 1 fully saturated rings. The maximum absolute atomic E-state index is 11.8. The monoisotopic (exact) mass is 252 g/mol. The molecule has 17 heavy (non-hydrogen) atoms. The van der Waals surface area contributed by atoms with Gasteiger partial charge in [0, 0.05) is 17.6 Å². The van der Waals surface area contributed by atoms with Crippen molar-refractivity contribution < 1.29 is 13.2 Å². The van der Waals surface area contributed by atoms with E-state index < -0.39 is 15.1 Å². The fraction of sp³-hybridized carbons (Fsp3) is 0.462. The molecule has 0 spiro atoms. The first-order valence-corrected chi connectivity index (χ1v) is 7.46. The molecule has 1 aliphatic rings. The standard InChI is InChI=1S/C13H16O3S/c1-3-17(15,16)13-11(8-14)12(13)10-6-4-9(2)5-7-10/h4-8,11-13H,3H2,1-2H3/t11-,12-,13-/m0/s1. The van der Waals surface area contributed by atoms with Crippen LogP contribution in [-0.2, 0) is 14.6 Å². The van der Waals surface area contributed by atoms with Crippen LogP contribution in [0.4, 0.5) is 0 Å². The Hall–Kier alpha value is -1.16. The number of carbonyl (C=O) groups is 1. The van der Waals surface area contributed by atoms with Crippen molar-refractivity contribution in [1.29, 1.82) is 0 Å². The summed E-state index contributed by atoms with van der Waals surface area (Å²) >= 11 is 0. The van der Waals surface area contributed by atoms with E-state index in [-0.39, 0.29) is 17.6 Å². The number of hydrogen-bond donors (Lipinski definition) is 0. The van der Waals surface area contributed by atoms with Crippen molar-refractivity contribution >= 4 is 16.1 Å². The lowest BCUT2D eigenvalue weighted by atomic mass is 10.1. The van der Waals surface area contributed by atoms with E-state index in [4.69, 9.17) is 0 Å². The van der Waals surface area contributed by atoms with E-state index in [1.807, 2.05) is 31.2 Å².